The highest BCUT2D eigenvalue weighted by molar-refractivity contribution is 5.93. The van der Waals surface area contributed by atoms with E-state index in [0.29, 0.717) is 11.1 Å². The smallest absolute Gasteiger partial charge is 0.0991 e. The Balaban J connectivity index is 1.59. The minimum Gasteiger partial charge on any atom is -0.308 e. The van der Waals surface area contributed by atoms with Crippen LogP contribution < -0.4 is 0 Å². The van der Waals surface area contributed by atoms with E-state index in [4.69, 9.17) is 0 Å². The van der Waals surface area contributed by atoms with Crippen LogP contribution in [-0.4, -0.2) is 9.13 Å². The summed E-state index contributed by atoms with van der Waals surface area (Å²) in [5.41, 5.74) is 12.6. The second kappa shape index (κ2) is 12.9. The molecular weight excluding hydrogens is 536 g/mol. The van der Waals surface area contributed by atoms with Gasteiger partial charge in [-0.05, 0) is 109 Å². The maximum atomic E-state index is 9.43. The molecule has 0 aliphatic rings. The average Bonchev–Trinajstić information content (AvgIpc) is 3.63. The van der Waals surface area contributed by atoms with Gasteiger partial charge in [0.05, 0.1) is 45.7 Å². The van der Waals surface area contributed by atoms with Gasteiger partial charge in [0.15, 0.2) is 0 Å². The number of hydrogen-bond acceptors (Lipinski definition) is 2. The van der Waals surface area contributed by atoms with Gasteiger partial charge < -0.3 is 9.13 Å². The molecule has 44 heavy (non-hydrogen) atoms. The zero-order valence-electron chi connectivity index (χ0n) is 25.4. The summed E-state index contributed by atoms with van der Waals surface area (Å²) < 4.78 is 4.67. The fourth-order valence-corrected chi connectivity index (χ4v) is 5.95. The van der Waals surface area contributed by atoms with Gasteiger partial charge in [0.25, 0.3) is 0 Å². The summed E-state index contributed by atoms with van der Waals surface area (Å²) >= 11 is 0. The first-order valence-corrected chi connectivity index (χ1v) is 15.6. The molecule has 0 saturated heterocycles. The number of hydrogen-bond donors (Lipinski definition) is 0. The van der Waals surface area contributed by atoms with Crippen molar-refractivity contribution >= 4 is 11.0 Å². The minimum atomic E-state index is 0.646. The first kappa shape index (κ1) is 28.8. The Morgan fingerprint density at radius 1 is 0.500 bits per heavy atom. The van der Waals surface area contributed by atoms with Crippen molar-refractivity contribution < 1.29 is 0 Å². The van der Waals surface area contributed by atoms with Gasteiger partial charge in [0.2, 0.25) is 0 Å². The SMILES string of the molecule is CCCCc1ccc(-n2c(-c3ccc(C#N)cc3)cc3c2cc(-c2ccc(C#N)cc2)n3-c2ccc(CCCC)cc2)cc1. The molecule has 0 unspecified atom stereocenters. The van der Waals surface area contributed by atoms with Gasteiger partial charge in [0, 0.05) is 11.4 Å². The highest BCUT2D eigenvalue weighted by Crippen LogP contribution is 2.39. The van der Waals surface area contributed by atoms with Crippen LogP contribution in [0.3, 0.4) is 0 Å². The van der Waals surface area contributed by atoms with Gasteiger partial charge in [-0.15, -0.1) is 0 Å². The van der Waals surface area contributed by atoms with Crippen molar-refractivity contribution in [2.24, 2.45) is 0 Å². The third-order valence-electron chi connectivity index (χ3n) is 8.42. The number of nitrogens with zero attached hydrogens (tertiary/aromatic N) is 4. The molecule has 0 saturated carbocycles. The second-order valence-corrected chi connectivity index (χ2v) is 11.4. The lowest BCUT2D eigenvalue weighted by Gasteiger charge is -2.13. The molecule has 6 aromatic rings. The molecule has 216 valence electrons. The van der Waals surface area contributed by atoms with Crippen LogP contribution in [0.4, 0.5) is 0 Å². The standard InChI is InChI=1S/C40H36N4/c1-3-5-7-29-13-21-35(22-14-29)43-37(33-17-9-31(27-41)10-18-33)25-40-39(43)26-38(34-19-11-32(28-42)12-20-34)44(40)36-23-15-30(16-24-36)8-6-4-2/h9-26H,3-8H2,1-2H3. The Hall–Kier alpha value is -5.32. The molecule has 2 heterocycles. The summed E-state index contributed by atoms with van der Waals surface area (Å²) in [5.74, 6) is 0. The predicted molar refractivity (Wildman–Crippen MR) is 180 cm³/mol. The summed E-state index contributed by atoms with van der Waals surface area (Å²) in [4.78, 5) is 0. The van der Waals surface area contributed by atoms with Crippen LogP contribution >= 0.6 is 0 Å². The van der Waals surface area contributed by atoms with Crippen LogP contribution in [0.25, 0.3) is 44.9 Å². The molecule has 0 amide bonds. The van der Waals surface area contributed by atoms with Gasteiger partial charge in [-0.2, -0.15) is 10.5 Å². The van der Waals surface area contributed by atoms with E-state index in [2.05, 4.69) is 95.8 Å². The van der Waals surface area contributed by atoms with Crippen LogP contribution in [0.1, 0.15) is 61.8 Å². The molecule has 4 aromatic carbocycles. The van der Waals surface area contributed by atoms with Crippen molar-refractivity contribution in [2.45, 2.75) is 52.4 Å². The molecule has 6 rings (SSSR count). The third kappa shape index (κ3) is 5.68. The number of aromatic nitrogens is 2. The van der Waals surface area contributed by atoms with Gasteiger partial charge in [-0.1, -0.05) is 75.2 Å². The maximum Gasteiger partial charge on any atom is 0.0991 e. The largest absolute Gasteiger partial charge is 0.308 e. The molecule has 0 radical (unpaired) electrons. The molecular formula is C40H36N4. The quantitative estimate of drug-likeness (QED) is 0.164. The molecule has 0 aliphatic carbocycles. The van der Waals surface area contributed by atoms with E-state index in [1.165, 1.54) is 36.8 Å². The lowest BCUT2D eigenvalue weighted by atomic mass is 10.1. The Morgan fingerprint density at radius 2 is 0.864 bits per heavy atom. The molecule has 0 bridgehead atoms. The Kier molecular flexibility index (Phi) is 8.44. The molecule has 0 aliphatic heterocycles. The zero-order chi connectivity index (χ0) is 30.5. The van der Waals surface area contributed by atoms with Gasteiger partial charge in [-0.25, -0.2) is 0 Å². The van der Waals surface area contributed by atoms with Crippen molar-refractivity contribution in [2.75, 3.05) is 0 Å². The molecule has 2 aromatic heterocycles. The molecule has 4 heteroatoms. The van der Waals surface area contributed by atoms with E-state index in [0.717, 1.165) is 57.8 Å². The number of benzene rings is 4. The fraction of sp³-hybridized carbons (Fsp3) is 0.200. The number of rotatable bonds is 10. The monoisotopic (exact) mass is 572 g/mol. The fourth-order valence-electron chi connectivity index (χ4n) is 5.95. The minimum absolute atomic E-state index is 0.646. The van der Waals surface area contributed by atoms with E-state index in [-0.39, 0.29) is 0 Å². The van der Waals surface area contributed by atoms with Crippen molar-refractivity contribution in [1.82, 2.24) is 9.13 Å². The molecule has 0 spiro atoms. The van der Waals surface area contributed by atoms with Gasteiger partial charge in [0.1, 0.15) is 0 Å². The summed E-state index contributed by atoms with van der Waals surface area (Å²) in [6.45, 7) is 4.45. The molecule has 0 atom stereocenters. The molecule has 0 N–H and O–H groups in total. The first-order chi connectivity index (χ1) is 21.6. The van der Waals surface area contributed by atoms with E-state index in [1.807, 2.05) is 48.5 Å². The first-order valence-electron chi connectivity index (χ1n) is 15.6. The lowest BCUT2D eigenvalue weighted by Crippen LogP contribution is -1.98. The van der Waals surface area contributed by atoms with Crippen LogP contribution in [-0.2, 0) is 12.8 Å². The topological polar surface area (TPSA) is 57.4 Å². The van der Waals surface area contributed by atoms with Crippen LogP contribution in [0.5, 0.6) is 0 Å². The second-order valence-electron chi connectivity index (χ2n) is 11.4. The van der Waals surface area contributed by atoms with E-state index < -0.39 is 0 Å². The van der Waals surface area contributed by atoms with E-state index >= 15 is 0 Å². The Labute approximate surface area is 260 Å². The number of fused-ring (bicyclic) bond motifs is 1. The van der Waals surface area contributed by atoms with Crippen molar-refractivity contribution in [1.29, 1.82) is 10.5 Å². The zero-order valence-corrected chi connectivity index (χ0v) is 25.4. The Morgan fingerprint density at radius 3 is 1.18 bits per heavy atom. The Bertz CT molecular complexity index is 1810. The third-order valence-corrected chi connectivity index (χ3v) is 8.42. The summed E-state index contributed by atoms with van der Waals surface area (Å²) in [6, 6.07) is 42.6. The summed E-state index contributed by atoms with van der Waals surface area (Å²) in [7, 11) is 0. The summed E-state index contributed by atoms with van der Waals surface area (Å²) in [6.07, 6.45) is 6.86. The van der Waals surface area contributed by atoms with Crippen molar-refractivity contribution in [3.8, 4) is 46.0 Å². The average molecular weight is 573 g/mol. The number of unbranched alkanes of at least 4 members (excludes halogenated alkanes) is 2. The van der Waals surface area contributed by atoms with Crippen molar-refractivity contribution in [3.63, 3.8) is 0 Å². The highest BCUT2D eigenvalue weighted by Gasteiger charge is 2.21. The number of nitriles is 2. The van der Waals surface area contributed by atoms with Crippen LogP contribution in [0.15, 0.2) is 109 Å². The maximum absolute atomic E-state index is 9.43. The van der Waals surface area contributed by atoms with E-state index in [9.17, 15) is 10.5 Å². The highest BCUT2D eigenvalue weighted by atomic mass is 15.1. The summed E-state index contributed by atoms with van der Waals surface area (Å²) in [5, 5.41) is 18.9. The normalized spacial score (nSPS) is 11.0. The van der Waals surface area contributed by atoms with Crippen LogP contribution in [0, 0.1) is 22.7 Å². The van der Waals surface area contributed by atoms with Crippen molar-refractivity contribution in [3.05, 3.63) is 131 Å². The molecule has 4 nitrogen and oxygen atoms in total. The lowest BCUT2D eigenvalue weighted by molar-refractivity contribution is 0.795. The van der Waals surface area contributed by atoms with E-state index in [1.54, 1.807) is 0 Å². The predicted octanol–water partition coefficient (Wildman–Crippen LogP) is 10.2. The molecule has 0 fully saturated rings. The van der Waals surface area contributed by atoms with Gasteiger partial charge in [-0.3, -0.25) is 0 Å². The number of aryl methyl sites for hydroxylation is 2. The van der Waals surface area contributed by atoms with Gasteiger partial charge >= 0.3 is 0 Å². The van der Waals surface area contributed by atoms with Crippen LogP contribution in [0.2, 0.25) is 0 Å².